The van der Waals surface area contributed by atoms with Crippen LogP contribution in [0.1, 0.15) is 36.0 Å². The molecule has 1 aromatic carbocycles. The molecular formula is C15H22N2O3. The lowest BCUT2D eigenvalue weighted by atomic mass is 9.89. The second-order valence-corrected chi connectivity index (χ2v) is 5.29. The fourth-order valence-corrected chi connectivity index (χ4v) is 2.82. The van der Waals surface area contributed by atoms with Crippen molar-refractivity contribution in [2.75, 3.05) is 14.2 Å². The summed E-state index contributed by atoms with van der Waals surface area (Å²) in [5.74, 6) is -0.0304. The monoisotopic (exact) mass is 278 g/mol. The van der Waals surface area contributed by atoms with Crippen LogP contribution in [0.15, 0.2) is 18.2 Å². The SMILES string of the molecule is COc1cccc(C(=O)N(C)C2CCCCC2N)c1O. The van der Waals surface area contributed by atoms with Crippen LogP contribution in [0.4, 0.5) is 0 Å². The summed E-state index contributed by atoms with van der Waals surface area (Å²) in [7, 11) is 3.21. The molecule has 2 unspecified atom stereocenters. The number of nitrogens with two attached hydrogens (primary N) is 1. The van der Waals surface area contributed by atoms with Crippen molar-refractivity contribution in [2.45, 2.75) is 37.8 Å². The molecule has 1 saturated carbocycles. The highest BCUT2D eigenvalue weighted by Gasteiger charge is 2.30. The van der Waals surface area contributed by atoms with Crippen LogP contribution in [-0.2, 0) is 0 Å². The van der Waals surface area contributed by atoms with Gasteiger partial charge in [-0.25, -0.2) is 0 Å². The molecule has 0 aliphatic heterocycles. The zero-order chi connectivity index (χ0) is 14.7. The van der Waals surface area contributed by atoms with Gasteiger partial charge in [-0.15, -0.1) is 0 Å². The van der Waals surface area contributed by atoms with E-state index in [1.54, 1.807) is 30.1 Å². The summed E-state index contributed by atoms with van der Waals surface area (Å²) in [6.45, 7) is 0. The van der Waals surface area contributed by atoms with E-state index in [9.17, 15) is 9.90 Å². The summed E-state index contributed by atoms with van der Waals surface area (Å²) in [4.78, 5) is 14.2. The first kappa shape index (κ1) is 14.7. The van der Waals surface area contributed by atoms with Gasteiger partial charge in [0, 0.05) is 19.1 Å². The van der Waals surface area contributed by atoms with Crippen molar-refractivity contribution in [1.82, 2.24) is 4.90 Å². The van der Waals surface area contributed by atoms with Crippen LogP contribution in [0.2, 0.25) is 0 Å². The van der Waals surface area contributed by atoms with Gasteiger partial charge in [0.25, 0.3) is 5.91 Å². The van der Waals surface area contributed by atoms with E-state index in [-0.39, 0.29) is 29.3 Å². The van der Waals surface area contributed by atoms with E-state index in [2.05, 4.69) is 0 Å². The van der Waals surface area contributed by atoms with Crippen LogP contribution < -0.4 is 10.5 Å². The average molecular weight is 278 g/mol. The van der Waals surface area contributed by atoms with Crippen LogP contribution >= 0.6 is 0 Å². The van der Waals surface area contributed by atoms with Gasteiger partial charge < -0.3 is 20.5 Å². The number of nitrogens with zero attached hydrogens (tertiary/aromatic N) is 1. The van der Waals surface area contributed by atoms with Gasteiger partial charge in [0.2, 0.25) is 0 Å². The number of para-hydroxylation sites is 1. The van der Waals surface area contributed by atoms with Crippen LogP contribution in [0.5, 0.6) is 11.5 Å². The van der Waals surface area contributed by atoms with Gasteiger partial charge in [-0.2, -0.15) is 0 Å². The van der Waals surface area contributed by atoms with Gasteiger partial charge in [-0.05, 0) is 25.0 Å². The maximum absolute atomic E-state index is 12.5. The van der Waals surface area contributed by atoms with Crippen molar-refractivity contribution < 1.29 is 14.6 Å². The van der Waals surface area contributed by atoms with Gasteiger partial charge in [-0.3, -0.25) is 4.79 Å². The summed E-state index contributed by atoms with van der Waals surface area (Å²) in [5, 5.41) is 10.1. The minimum absolute atomic E-state index is 0.00505. The van der Waals surface area contributed by atoms with E-state index >= 15 is 0 Å². The molecule has 0 radical (unpaired) electrons. The number of aromatic hydroxyl groups is 1. The minimum Gasteiger partial charge on any atom is -0.504 e. The lowest BCUT2D eigenvalue weighted by Crippen LogP contribution is -2.50. The number of hydrogen-bond acceptors (Lipinski definition) is 4. The van der Waals surface area contributed by atoms with Crippen molar-refractivity contribution in [3.05, 3.63) is 23.8 Å². The largest absolute Gasteiger partial charge is 0.504 e. The van der Waals surface area contributed by atoms with E-state index in [0.717, 1.165) is 25.7 Å². The van der Waals surface area contributed by atoms with Gasteiger partial charge in [-0.1, -0.05) is 18.9 Å². The number of hydrogen-bond donors (Lipinski definition) is 2. The Balaban J connectivity index is 2.22. The highest BCUT2D eigenvalue weighted by Crippen LogP contribution is 2.31. The molecule has 2 atom stereocenters. The highest BCUT2D eigenvalue weighted by molar-refractivity contribution is 5.97. The van der Waals surface area contributed by atoms with E-state index in [0.29, 0.717) is 5.75 Å². The van der Waals surface area contributed by atoms with Crippen molar-refractivity contribution in [1.29, 1.82) is 0 Å². The summed E-state index contributed by atoms with van der Waals surface area (Å²) in [6, 6.07) is 4.96. The summed E-state index contributed by atoms with van der Waals surface area (Å²) in [6.07, 6.45) is 4.05. The third kappa shape index (κ3) is 2.72. The predicted octanol–water partition coefficient (Wildman–Crippen LogP) is 1.74. The molecule has 1 fully saturated rings. The molecule has 0 bridgehead atoms. The maximum atomic E-state index is 12.5. The van der Waals surface area contributed by atoms with E-state index < -0.39 is 0 Å². The Bertz CT molecular complexity index is 490. The van der Waals surface area contributed by atoms with Gasteiger partial charge in [0.15, 0.2) is 11.5 Å². The molecule has 110 valence electrons. The van der Waals surface area contributed by atoms with Crippen LogP contribution in [0.25, 0.3) is 0 Å². The topological polar surface area (TPSA) is 75.8 Å². The van der Waals surface area contributed by atoms with Crippen molar-refractivity contribution in [3.63, 3.8) is 0 Å². The van der Waals surface area contributed by atoms with Crippen molar-refractivity contribution >= 4 is 5.91 Å². The molecule has 0 aromatic heterocycles. The average Bonchev–Trinajstić information content (AvgIpc) is 2.46. The number of phenolic OH excluding ortho intramolecular Hbond substituents is 1. The normalized spacial score (nSPS) is 22.4. The lowest BCUT2D eigenvalue weighted by molar-refractivity contribution is 0.0668. The molecule has 1 aromatic rings. The quantitative estimate of drug-likeness (QED) is 0.883. The number of phenols is 1. The Morgan fingerprint density at radius 2 is 2.10 bits per heavy atom. The Hall–Kier alpha value is -1.75. The Morgan fingerprint density at radius 3 is 2.75 bits per heavy atom. The molecule has 5 nitrogen and oxygen atoms in total. The first-order valence-corrected chi connectivity index (χ1v) is 6.95. The second kappa shape index (κ2) is 6.13. The van der Waals surface area contributed by atoms with Gasteiger partial charge in [0.05, 0.1) is 12.7 Å². The number of ether oxygens (including phenoxy) is 1. The Kier molecular flexibility index (Phi) is 4.49. The lowest BCUT2D eigenvalue weighted by Gasteiger charge is -2.36. The highest BCUT2D eigenvalue weighted by atomic mass is 16.5. The fourth-order valence-electron chi connectivity index (χ4n) is 2.82. The smallest absolute Gasteiger partial charge is 0.257 e. The number of methoxy groups -OCH3 is 1. The molecule has 20 heavy (non-hydrogen) atoms. The van der Waals surface area contributed by atoms with E-state index in [1.165, 1.54) is 7.11 Å². The molecule has 3 N–H and O–H groups in total. The number of carbonyl (C=O) groups excluding carboxylic acids is 1. The third-order valence-electron chi connectivity index (χ3n) is 4.05. The summed E-state index contributed by atoms with van der Waals surface area (Å²) in [5.41, 5.74) is 6.36. The van der Waals surface area contributed by atoms with Crippen LogP contribution in [0, 0.1) is 0 Å². The molecular weight excluding hydrogens is 256 g/mol. The molecule has 0 spiro atoms. The molecule has 1 amide bonds. The first-order valence-electron chi connectivity index (χ1n) is 6.95. The van der Waals surface area contributed by atoms with E-state index in [1.807, 2.05) is 0 Å². The Morgan fingerprint density at radius 1 is 1.40 bits per heavy atom. The van der Waals surface area contributed by atoms with Crippen molar-refractivity contribution in [3.8, 4) is 11.5 Å². The first-order chi connectivity index (χ1) is 9.56. The van der Waals surface area contributed by atoms with Gasteiger partial charge >= 0.3 is 0 Å². The van der Waals surface area contributed by atoms with Gasteiger partial charge in [0.1, 0.15) is 0 Å². The van der Waals surface area contributed by atoms with E-state index in [4.69, 9.17) is 10.5 Å². The minimum atomic E-state index is -0.219. The number of carbonyl (C=O) groups is 1. The summed E-state index contributed by atoms with van der Waals surface area (Å²) >= 11 is 0. The van der Waals surface area contributed by atoms with Crippen LogP contribution in [-0.4, -0.2) is 42.2 Å². The molecule has 0 saturated heterocycles. The standard InChI is InChI=1S/C15H22N2O3/c1-17(12-8-4-3-7-11(12)16)15(19)10-6-5-9-13(20-2)14(10)18/h5-6,9,11-12,18H,3-4,7-8,16H2,1-2H3. The number of benzene rings is 1. The number of rotatable bonds is 3. The fraction of sp³-hybridized carbons (Fsp3) is 0.533. The molecule has 1 aliphatic carbocycles. The number of amides is 1. The maximum Gasteiger partial charge on any atom is 0.257 e. The zero-order valence-corrected chi connectivity index (χ0v) is 12.0. The molecule has 2 rings (SSSR count). The number of likely N-dealkylation sites (N-methyl/N-ethyl adjacent to an activating group) is 1. The van der Waals surface area contributed by atoms with Crippen molar-refractivity contribution in [2.24, 2.45) is 5.73 Å². The Labute approximate surface area is 119 Å². The summed E-state index contributed by atoms with van der Waals surface area (Å²) < 4.78 is 5.04. The third-order valence-corrected chi connectivity index (χ3v) is 4.05. The molecule has 5 heteroatoms. The van der Waals surface area contributed by atoms with Crippen LogP contribution in [0.3, 0.4) is 0 Å². The molecule has 1 aliphatic rings. The second-order valence-electron chi connectivity index (χ2n) is 5.29. The zero-order valence-electron chi connectivity index (χ0n) is 12.0. The predicted molar refractivity (Wildman–Crippen MR) is 77.0 cm³/mol. The molecule has 0 heterocycles.